The first-order valence-electron chi connectivity index (χ1n) is 6.51. The number of carbonyl (C=O) groups is 2. The highest BCUT2D eigenvalue weighted by Gasteiger charge is 2.06. The van der Waals surface area contributed by atoms with Crippen LogP contribution in [0.2, 0.25) is 10.0 Å². The Morgan fingerprint density at radius 1 is 0.955 bits per heavy atom. The first kappa shape index (κ1) is 16.3. The van der Waals surface area contributed by atoms with E-state index in [1.165, 1.54) is 24.3 Å². The molecular weight excluding hydrogens is 321 g/mol. The van der Waals surface area contributed by atoms with Gasteiger partial charge in [0.1, 0.15) is 0 Å². The van der Waals surface area contributed by atoms with Crippen LogP contribution in [-0.4, -0.2) is 11.7 Å². The Bertz CT molecular complexity index is 737. The minimum absolute atomic E-state index is 0.296. The lowest BCUT2D eigenvalue weighted by Gasteiger charge is -2.02. The SMILES string of the molecule is Cc1ccc(NC(=O)C=CC(=O)c2ccc(Cl)c(Cl)c2)cc1. The van der Waals surface area contributed by atoms with Gasteiger partial charge in [-0.2, -0.15) is 0 Å². The molecule has 1 amide bonds. The van der Waals surface area contributed by atoms with Gasteiger partial charge in [0.05, 0.1) is 10.0 Å². The molecule has 3 nitrogen and oxygen atoms in total. The van der Waals surface area contributed by atoms with Crippen LogP contribution in [0.1, 0.15) is 15.9 Å². The zero-order valence-corrected chi connectivity index (χ0v) is 13.3. The monoisotopic (exact) mass is 333 g/mol. The summed E-state index contributed by atoms with van der Waals surface area (Å²) in [5.74, 6) is -0.699. The van der Waals surface area contributed by atoms with Crippen LogP contribution in [0.3, 0.4) is 0 Å². The quantitative estimate of drug-likeness (QED) is 0.652. The van der Waals surface area contributed by atoms with E-state index >= 15 is 0 Å². The molecule has 0 aliphatic carbocycles. The number of nitrogens with one attached hydrogen (secondary N) is 1. The van der Waals surface area contributed by atoms with Crippen molar-refractivity contribution in [2.45, 2.75) is 6.92 Å². The Morgan fingerprint density at radius 2 is 1.64 bits per heavy atom. The summed E-state index contributed by atoms with van der Waals surface area (Å²) < 4.78 is 0. The maximum atomic E-state index is 11.9. The Labute approximate surface area is 138 Å². The molecule has 0 radical (unpaired) electrons. The number of anilines is 1. The van der Waals surface area contributed by atoms with Crippen molar-refractivity contribution in [3.05, 3.63) is 75.8 Å². The van der Waals surface area contributed by atoms with Crippen molar-refractivity contribution in [3.8, 4) is 0 Å². The molecule has 5 heteroatoms. The number of allylic oxidation sites excluding steroid dienone is 1. The van der Waals surface area contributed by atoms with Crippen LogP contribution in [0, 0.1) is 6.92 Å². The second kappa shape index (κ2) is 7.25. The van der Waals surface area contributed by atoms with Crippen LogP contribution in [-0.2, 0) is 4.79 Å². The lowest BCUT2D eigenvalue weighted by Crippen LogP contribution is -2.08. The van der Waals surface area contributed by atoms with Crippen LogP contribution in [0.4, 0.5) is 5.69 Å². The number of rotatable bonds is 4. The highest BCUT2D eigenvalue weighted by Crippen LogP contribution is 2.22. The Balaban J connectivity index is 2.01. The predicted octanol–water partition coefficient (Wildman–Crippen LogP) is 4.68. The van der Waals surface area contributed by atoms with E-state index in [0.717, 1.165) is 5.56 Å². The van der Waals surface area contributed by atoms with Crippen molar-refractivity contribution in [3.63, 3.8) is 0 Å². The summed E-state index contributed by atoms with van der Waals surface area (Å²) in [5, 5.41) is 3.34. The molecule has 0 aliphatic heterocycles. The number of aryl methyl sites for hydroxylation is 1. The van der Waals surface area contributed by atoms with Crippen molar-refractivity contribution in [2.75, 3.05) is 5.32 Å². The van der Waals surface area contributed by atoms with Gasteiger partial charge in [0.15, 0.2) is 5.78 Å². The van der Waals surface area contributed by atoms with Crippen LogP contribution < -0.4 is 5.32 Å². The van der Waals surface area contributed by atoms with Gasteiger partial charge < -0.3 is 5.32 Å². The zero-order valence-electron chi connectivity index (χ0n) is 11.8. The molecule has 0 spiro atoms. The van der Waals surface area contributed by atoms with Crippen molar-refractivity contribution < 1.29 is 9.59 Å². The molecular formula is C17H13Cl2NO2. The second-order valence-corrected chi connectivity index (χ2v) is 5.50. The summed E-state index contributed by atoms with van der Waals surface area (Å²) in [6.07, 6.45) is 2.38. The molecule has 22 heavy (non-hydrogen) atoms. The van der Waals surface area contributed by atoms with Gasteiger partial charge in [-0.3, -0.25) is 9.59 Å². The van der Waals surface area contributed by atoms with Crippen LogP contribution >= 0.6 is 23.2 Å². The van der Waals surface area contributed by atoms with Crippen molar-refractivity contribution in [1.29, 1.82) is 0 Å². The molecule has 0 atom stereocenters. The van der Waals surface area contributed by atoms with Crippen LogP contribution in [0.5, 0.6) is 0 Å². The Morgan fingerprint density at radius 3 is 2.27 bits per heavy atom. The maximum Gasteiger partial charge on any atom is 0.248 e. The van der Waals surface area contributed by atoms with Crippen molar-refractivity contribution in [1.82, 2.24) is 0 Å². The van der Waals surface area contributed by atoms with E-state index in [2.05, 4.69) is 5.32 Å². The first-order chi connectivity index (χ1) is 10.5. The lowest BCUT2D eigenvalue weighted by molar-refractivity contribution is -0.111. The summed E-state index contributed by atoms with van der Waals surface area (Å²) in [6, 6.07) is 11.9. The van der Waals surface area contributed by atoms with E-state index in [1.807, 2.05) is 19.1 Å². The fraction of sp³-hybridized carbons (Fsp3) is 0.0588. The summed E-state index contributed by atoms with van der Waals surface area (Å²) in [4.78, 5) is 23.7. The number of halogens is 2. The molecule has 0 fully saturated rings. The fourth-order valence-electron chi connectivity index (χ4n) is 1.72. The van der Waals surface area contributed by atoms with Crippen molar-refractivity contribution >= 4 is 40.6 Å². The van der Waals surface area contributed by atoms with E-state index in [9.17, 15) is 9.59 Å². The number of benzene rings is 2. The Kier molecular flexibility index (Phi) is 5.36. The third-order valence-electron chi connectivity index (χ3n) is 2.91. The van der Waals surface area contributed by atoms with Gasteiger partial charge in [0.2, 0.25) is 5.91 Å². The molecule has 2 aromatic rings. The number of ketones is 1. The third-order valence-corrected chi connectivity index (χ3v) is 3.65. The second-order valence-electron chi connectivity index (χ2n) is 4.68. The van der Waals surface area contributed by atoms with Crippen molar-refractivity contribution in [2.24, 2.45) is 0 Å². The standard InChI is InChI=1S/C17H13Cl2NO2/c1-11-2-5-13(6-3-11)20-17(22)9-8-16(21)12-4-7-14(18)15(19)10-12/h2-10H,1H3,(H,20,22). The van der Waals surface area contributed by atoms with Gasteiger partial charge in [0, 0.05) is 17.3 Å². The summed E-state index contributed by atoms with van der Waals surface area (Å²) in [7, 11) is 0. The lowest BCUT2D eigenvalue weighted by atomic mass is 10.1. The van der Waals surface area contributed by atoms with Gasteiger partial charge in [-0.25, -0.2) is 0 Å². The molecule has 0 saturated heterocycles. The summed E-state index contributed by atoms with van der Waals surface area (Å²) >= 11 is 11.6. The molecule has 0 saturated carbocycles. The van der Waals surface area contributed by atoms with Gasteiger partial charge in [-0.15, -0.1) is 0 Å². The first-order valence-corrected chi connectivity index (χ1v) is 7.26. The van der Waals surface area contributed by atoms with Gasteiger partial charge in [-0.1, -0.05) is 40.9 Å². The molecule has 112 valence electrons. The predicted molar refractivity (Wildman–Crippen MR) is 89.7 cm³/mol. The number of amides is 1. The average Bonchev–Trinajstić information content (AvgIpc) is 2.50. The van der Waals surface area contributed by atoms with Crippen LogP contribution in [0.25, 0.3) is 0 Å². The van der Waals surface area contributed by atoms with Crippen LogP contribution in [0.15, 0.2) is 54.6 Å². The zero-order chi connectivity index (χ0) is 16.1. The number of carbonyl (C=O) groups excluding carboxylic acids is 2. The molecule has 2 rings (SSSR count). The molecule has 0 aliphatic rings. The topological polar surface area (TPSA) is 46.2 Å². The summed E-state index contributed by atoms with van der Waals surface area (Å²) in [6.45, 7) is 1.96. The van der Waals surface area contributed by atoms with E-state index in [1.54, 1.807) is 18.2 Å². The van der Waals surface area contributed by atoms with Gasteiger partial charge in [0.25, 0.3) is 0 Å². The molecule has 0 heterocycles. The maximum absolute atomic E-state index is 11.9. The molecule has 1 N–H and O–H groups in total. The van der Waals surface area contributed by atoms with Gasteiger partial charge >= 0.3 is 0 Å². The van der Waals surface area contributed by atoms with E-state index in [0.29, 0.717) is 21.3 Å². The Hall–Kier alpha value is -2.10. The average molecular weight is 334 g/mol. The minimum atomic E-state index is -0.378. The molecule has 0 bridgehead atoms. The normalized spacial score (nSPS) is 10.7. The highest BCUT2D eigenvalue weighted by molar-refractivity contribution is 6.42. The number of hydrogen-bond donors (Lipinski definition) is 1. The van der Waals surface area contributed by atoms with E-state index in [-0.39, 0.29) is 11.7 Å². The largest absolute Gasteiger partial charge is 0.323 e. The minimum Gasteiger partial charge on any atom is -0.323 e. The fourth-order valence-corrected chi connectivity index (χ4v) is 2.02. The molecule has 2 aromatic carbocycles. The van der Waals surface area contributed by atoms with Gasteiger partial charge in [-0.05, 0) is 43.3 Å². The van der Waals surface area contributed by atoms with E-state index < -0.39 is 0 Å². The number of hydrogen-bond acceptors (Lipinski definition) is 2. The smallest absolute Gasteiger partial charge is 0.248 e. The van der Waals surface area contributed by atoms with E-state index in [4.69, 9.17) is 23.2 Å². The highest BCUT2D eigenvalue weighted by atomic mass is 35.5. The molecule has 0 unspecified atom stereocenters. The molecule has 0 aromatic heterocycles. The summed E-state index contributed by atoms with van der Waals surface area (Å²) in [5.41, 5.74) is 2.14. The third kappa shape index (κ3) is 4.45.